The summed E-state index contributed by atoms with van der Waals surface area (Å²) in [6.07, 6.45) is 2.12. The van der Waals surface area contributed by atoms with Crippen molar-refractivity contribution in [2.24, 2.45) is 0 Å². The van der Waals surface area contributed by atoms with E-state index in [1.807, 2.05) is 54.6 Å². The standard InChI is InChI=1S/C21H21NO3/c1-3-16(15-10-6-5-7-11-15)20(23)18-14-22(21(24)25-4-2)19-13-9-8-12-17(18)19/h3,5-14,16,20,23H,1,4H2,2H3. The van der Waals surface area contributed by atoms with Crippen molar-refractivity contribution < 1.29 is 14.6 Å². The normalized spacial score (nSPS) is 13.4. The fourth-order valence-electron chi connectivity index (χ4n) is 3.10. The third kappa shape index (κ3) is 3.21. The van der Waals surface area contributed by atoms with Crippen molar-refractivity contribution in [3.63, 3.8) is 0 Å². The van der Waals surface area contributed by atoms with Crippen LogP contribution in [0, 0.1) is 0 Å². The number of carbonyl (C=O) groups excluding carboxylic acids is 1. The van der Waals surface area contributed by atoms with E-state index in [2.05, 4.69) is 6.58 Å². The van der Waals surface area contributed by atoms with Crippen LogP contribution in [0.25, 0.3) is 10.9 Å². The SMILES string of the molecule is C=CC(c1ccccc1)C(O)c1cn(C(=O)OCC)c2ccccc12. The average Bonchev–Trinajstić information content (AvgIpc) is 3.03. The molecule has 2 aromatic carbocycles. The Morgan fingerprint density at radius 1 is 1.20 bits per heavy atom. The van der Waals surface area contributed by atoms with Crippen LogP contribution in [-0.2, 0) is 4.74 Å². The molecular formula is C21H21NO3. The molecule has 25 heavy (non-hydrogen) atoms. The van der Waals surface area contributed by atoms with Gasteiger partial charge in [0, 0.05) is 23.1 Å². The maximum absolute atomic E-state index is 12.2. The first-order valence-corrected chi connectivity index (χ1v) is 8.30. The van der Waals surface area contributed by atoms with Gasteiger partial charge in [0.1, 0.15) is 0 Å². The van der Waals surface area contributed by atoms with Crippen LogP contribution in [-0.4, -0.2) is 22.4 Å². The van der Waals surface area contributed by atoms with Crippen LogP contribution in [0.15, 0.2) is 73.4 Å². The van der Waals surface area contributed by atoms with E-state index in [-0.39, 0.29) is 5.92 Å². The Morgan fingerprint density at radius 3 is 2.56 bits per heavy atom. The van der Waals surface area contributed by atoms with Gasteiger partial charge in [-0.3, -0.25) is 4.57 Å². The first-order valence-electron chi connectivity index (χ1n) is 8.30. The molecule has 0 saturated heterocycles. The summed E-state index contributed by atoms with van der Waals surface area (Å²) in [5.41, 5.74) is 2.36. The Morgan fingerprint density at radius 2 is 1.88 bits per heavy atom. The van der Waals surface area contributed by atoms with Crippen LogP contribution in [0.2, 0.25) is 0 Å². The van der Waals surface area contributed by atoms with Crippen molar-refractivity contribution in [2.45, 2.75) is 18.9 Å². The fraction of sp³-hybridized carbons (Fsp3) is 0.190. The van der Waals surface area contributed by atoms with Gasteiger partial charge in [-0.05, 0) is 18.6 Å². The van der Waals surface area contributed by atoms with Crippen molar-refractivity contribution in [3.8, 4) is 0 Å². The number of nitrogens with zero attached hydrogens (tertiary/aromatic N) is 1. The Balaban J connectivity index is 2.08. The number of benzene rings is 2. The Labute approximate surface area is 147 Å². The lowest BCUT2D eigenvalue weighted by Gasteiger charge is -2.20. The Bertz CT molecular complexity index is 883. The zero-order valence-electron chi connectivity index (χ0n) is 14.1. The monoisotopic (exact) mass is 335 g/mol. The minimum absolute atomic E-state index is 0.275. The van der Waals surface area contributed by atoms with Gasteiger partial charge in [-0.2, -0.15) is 0 Å². The molecule has 0 amide bonds. The smallest absolute Gasteiger partial charge is 0.418 e. The quantitative estimate of drug-likeness (QED) is 0.691. The van der Waals surface area contributed by atoms with Gasteiger partial charge in [-0.25, -0.2) is 4.79 Å². The lowest BCUT2D eigenvalue weighted by molar-refractivity contribution is 0.153. The molecule has 3 rings (SSSR count). The molecule has 1 N–H and O–H groups in total. The number of hydrogen-bond acceptors (Lipinski definition) is 3. The van der Waals surface area contributed by atoms with E-state index < -0.39 is 12.2 Å². The number of ether oxygens (including phenoxy) is 1. The first kappa shape index (κ1) is 17.0. The molecule has 0 saturated carbocycles. The largest absolute Gasteiger partial charge is 0.449 e. The van der Waals surface area contributed by atoms with E-state index in [1.165, 1.54) is 4.57 Å². The molecule has 0 aliphatic rings. The molecule has 0 aliphatic carbocycles. The van der Waals surface area contributed by atoms with Crippen LogP contribution in [0.4, 0.5) is 4.79 Å². The molecule has 3 aromatic rings. The maximum Gasteiger partial charge on any atom is 0.418 e. The molecule has 1 aromatic heterocycles. The zero-order chi connectivity index (χ0) is 17.8. The topological polar surface area (TPSA) is 51.5 Å². The molecule has 1 heterocycles. The van der Waals surface area contributed by atoms with Crippen molar-refractivity contribution in [1.29, 1.82) is 0 Å². The van der Waals surface area contributed by atoms with Gasteiger partial charge >= 0.3 is 6.09 Å². The minimum atomic E-state index is -0.819. The second-order valence-electron chi connectivity index (χ2n) is 5.79. The second kappa shape index (κ2) is 7.36. The van der Waals surface area contributed by atoms with E-state index >= 15 is 0 Å². The third-order valence-electron chi connectivity index (χ3n) is 4.30. The van der Waals surface area contributed by atoms with Gasteiger partial charge in [-0.15, -0.1) is 6.58 Å². The summed E-state index contributed by atoms with van der Waals surface area (Å²) >= 11 is 0. The van der Waals surface area contributed by atoms with E-state index in [1.54, 1.807) is 19.2 Å². The molecule has 0 fully saturated rings. The molecule has 4 nitrogen and oxygen atoms in total. The summed E-state index contributed by atoms with van der Waals surface area (Å²) in [5.74, 6) is -0.275. The number of aliphatic hydroxyl groups is 1. The van der Waals surface area contributed by atoms with Gasteiger partial charge in [0.05, 0.1) is 18.2 Å². The van der Waals surface area contributed by atoms with Crippen molar-refractivity contribution in [3.05, 3.63) is 84.6 Å². The highest BCUT2D eigenvalue weighted by atomic mass is 16.5. The predicted molar refractivity (Wildman–Crippen MR) is 98.7 cm³/mol. The van der Waals surface area contributed by atoms with Crippen LogP contribution < -0.4 is 0 Å². The molecule has 0 bridgehead atoms. The number of para-hydroxylation sites is 1. The Hall–Kier alpha value is -2.85. The van der Waals surface area contributed by atoms with Gasteiger partial charge in [0.15, 0.2) is 0 Å². The van der Waals surface area contributed by atoms with E-state index in [4.69, 9.17) is 4.74 Å². The van der Waals surface area contributed by atoms with Gasteiger partial charge in [0.25, 0.3) is 0 Å². The van der Waals surface area contributed by atoms with Crippen LogP contribution in [0.1, 0.15) is 30.1 Å². The van der Waals surface area contributed by atoms with Crippen LogP contribution in [0.3, 0.4) is 0 Å². The average molecular weight is 335 g/mol. The molecule has 0 spiro atoms. The summed E-state index contributed by atoms with van der Waals surface area (Å²) in [5, 5.41) is 11.8. The third-order valence-corrected chi connectivity index (χ3v) is 4.30. The second-order valence-corrected chi connectivity index (χ2v) is 5.79. The molecule has 4 heteroatoms. The van der Waals surface area contributed by atoms with E-state index in [0.717, 1.165) is 10.9 Å². The van der Waals surface area contributed by atoms with Crippen LogP contribution in [0.5, 0.6) is 0 Å². The molecule has 0 aliphatic heterocycles. The lowest BCUT2D eigenvalue weighted by atomic mass is 9.89. The molecule has 128 valence electrons. The van der Waals surface area contributed by atoms with Crippen molar-refractivity contribution in [1.82, 2.24) is 4.57 Å². The number of carbonyl (C=O) groups is 1. The van der Waals surface area contributed by atoms with Gasteiger partial charge < -0.3 is 9.84 Å². The van der Waals surface area contributed by atoms with Gasteiger partial charge in [0.2, 0.25) is 0 Å². The molecule has 0 radical (unpaired) electrons. The van der Waals surface area contributed by atoms with Crippen LogP contribution >= 0.6 is 0 Å². The highest BCUT2D eigenvalue weighted by Crippen LogP contribution is 2.36. The fourth-order valence-corrected chi connectivity index (χ4v) is 3.10. The number of hydrogen-bond donors (Lipinski definition) is 1. The highest BCUT2D eigenvalue weighted by molar-refractivity contribution is 5.92. The summed E-state index contributed by atoms with van der Waals surface area (Å²) in [6.45, 7) is 5.94. The Kier molecular flexibility index (Phi) is 5.00. The predicted octanol–water partition coefficient (Wildman–Crippen LogP) is 4.65. The first-order chi connectivity index (χ1) is 12.2. The minimum Gasteiger partial charge on any atom is -0.449 e. The molecule has 2 unspecified atom stereocenters. The molecular weight excluding hydrogens is 314 g/mol. The number of aromatic nitrogens is 1. The summed E-state index contributed by atoms with van der Waals surface area (Å²) in [6, 6.07) is 17.2. The summed E-state index contributed by atoms with van der Waals surface area (Å²) < 4.78 is 6.57. The summed E-state index contributed by atoms with van der Waals surface area (Å²) in [7, 11) is 0. The lowest BCUT2D eigenvalue weighted by Crippen LogP contribution is -2.12. The van der Waals surface area contributed by atoms with E-state index in [9.17, 15) is 9.90 Å². The number of rotatable bonds is 5. The number of aliphatic hydroxyl groups excluding tert-OH is 1. The summed E-state index contributed by atoms with van der Waals surface area (Å²) in [4.78, 5) is 12.2. The van der Waals surface area contributed by atoms with Crippen molar-refractivity contribution >= 4 is 17.0 Å². The van der Waals surface area contributed by atoms with Crippen molar-refractivity contribution in [2.75, 3.05) is 6.61 Å². The highest BCUT2D eigenvalue weighted by Gasteiger charge is 2.25. The maximum atomic E-state index is 12.2. The zero-order valence-corrected chi connectivity index (χ0v) is 14.1. The van der Waals surface area contributed by atoms with E-state index in [0.29, 0.717) is 17.7 Å². The molecule has 2 atom stereocenters. The number of fused-ring (bicyclic) bond motifs is 1. The van der Waals surface area contributed by atoms with Gasteiger partial charge in [-0.1, -0.05) is 54.6 Å².